The van der Waals surface area contributed by atoms with Crippen LogP contribution in [0.25, 0.3) is 10.1 Å². The molecule has 0 unspecified atom stereocenters. The third-order valence-electron chi connectivity index (χ3n) is 11.7. The van der Waals surface area contributed by atoms with Crippen molar-refractivity contribution in [1.82, 2.24) is 0 Å². The highest BCUT2D eigenvalue weighted by molar-refractivity contribution is 7.33. The maximum Gasteiger partial charge on any atom is 0.264 e. The van der Waals surface area contributed by atoms with Gasteiger partial charge in [0.05, 0.1) is 17.1 Å². The molecule has 6 aromatic rings. The molecular formula is C47H47BN2O4S. The number of benzene rings is 5. The fourth-order valence-electron chi connectivity index (χ4n) is 9.04. The Labute approximate surface area is 328 Å². The molecule has 0 spiro atoms. The highest BCUT2D eigenvalue weighted by Gasteiger charge is 2.47. The van der Waals surface area contributed by atoms with Crippen molar-refractivity contribution in [2.75, 3.05) is 36.2 Å². The topological polar surface area (TPSA) is 43.4 Å². The lowest BCUT2D eigenvalue weighted by atomic mass is 9.36. The van der Waals surface area contributed by atoms with E-state index in [2.05, 4.69) is 139 Å². The van der Waals surface area contributed by atoms with Crippen molar-refractivity contribution in [3.8, 4) is 23.0 Å². The standard InChI is InChI=1S/C47H47BN2O4S/c1-26-18-35-42-36(19-26)50(43-27(2)20-30(21-28(43)3)47(7,8)9)44-32-22-29(46(4,5)6)10-13-41(32)55-45(44)48(42)33-24-39-40(54-17-16-53-39)25-34(33)49(35)31-11-12-37-38(23-31)52-15-14-51-37/h10-13,18-25H,14-17H2,1-9H3. The van der Waals surface area contributed by atoms with Gasteiger partial charge in [0.15, 0.2) is 23.0 Å². The van der Waals surface area contributed by atoms with Gasteiger partial charge in [0.2, 0.25) is 0 Å². The van der Waals surface area contributed by atoms with Crippen LogP contribution in [0.15, 0.2) is 72.8 Å². The van der Waals surface area contributed by atoms with E-state index < -0.39 is 0 Å². The maximum atomic E-state index is 6.33. The Morgan fingerprint density at radius 3 is 1.82 bits per heavy atom. The molecule has 1 aromatic heterocycles. The Hall–Kier alpha value is -5.08. The summed E-state index contributed by atoms with van der Waals surface area (Å²) in [6.45, 7) is 22.8. The van der Waals surface area contributed by atoms with Crippen molar-refractivity contribution in [3.63, 3.8) is 0 Å². The van der Waals surface area contributed by atoms with E-state index in [-0.39, 0.29) is 17.5 Å². The van der Waals surface area contributed by atoms with Crippen LogP contribution in [0.2, 0.25) is 0 Å². The van der Waals surface area contributed by atoms with Gasteiger partial charge in [0.1, 0.15) is 26.4 Å². The summed E-state index contributed by atoms with van der Waals surface area (Å²) in [6.07, 6.45) is 0. The lowest BCUT2D eigenvalue weighted by molar-refractivity contribution is 0.171. The minimum Gasteiger partial charge on any atom is -0.486 e. The normalized spacial score (nSPS) is 15.5. The Morgan fingerprint density at radius 2 is 1.16 bits per heavy atom. The summed E-state index contributed by atoms with van der Waals surface area (Å²) in [5.74, 6) is 3.12. The number of ether oxygens (including phenoxy) is 4. The third-order valence-corrected chi connectivity index (χ3v) is 12.9. The van der Waals surface area contributed by atoms with Crippen LogP contribution in [0.3, 0.4) is 0 Å². The molecule has 6 nitrogen and oxygen atoms in total. The van der Waals surface area contributed by atoms with Gasteiger partial charge in [0, 0.05) is 44.1 Å². The summed E-state index contributed by atoms with van der Waals surface area (Å²) in [4.78, 5) is 5.02. The largest absolute Gasteiger partial charge is 0.486 e. The molecule has 5 aromatic carbocycles. The molecule has 10 rings (SSSR count). The van der Waals surface area contributed by atoms with E-state index in [9.17, 15) is 0 Å². The third kappa shape index (κ3) is 5.27. The molecule has 0 atom stereocenters. The zero-order valence-electron chi connectivity index (χ0n) is 33.3. The average molecular weight is 747 g/mol. The van der Waals surface area contributed by atoms with Gasteiger partial charge in [0.25, 0.3) is 6.71 Å². The van der Waals surface area contributed by atoms with Gasteiger partial charge in [-0.15, -0.1) is 11.3 Å². The molecule has 278 valence electrons. The SMILES string of the molecule is Cc1cc2c3c(c1)N(c1c(C)cc(C(C)(C)C)cc1C)c1c(sc4ccc(C(C)(C)C)cc14)B3c1cc3c(cc1N2c1ccc2c(c1)OCCO2)OCCO3. The van der Waals surface area contributed by atoms with E-state index in [1.165, 1.54) is 70.7 Å². The highest BCUT2D eigenvalue weighted by atomic mass is 32.1. The Balaban J connectivity index is 1.32. The van der Waals surface area contributed by atoms with Gasteiger partial charge >= 0.3 is 0 Å². The second kappa shape index (κ2) is 12.0. The number of fused-ring (bicyclic) bond motifs is 8. The summed E-state index contributed by atoms with van der Waals surface area (Å²) < 4.78 is 27.4. The molecule has 8 heteroatoms. The van der Waals surface area contributed by atoms with Crippen LogP contribution >= 0.6 is 11.3 Å². The summed E-state index contributed by atoms with van der Waals surface area (Å²) in [5, 5.41) is 1.30. The van der Waals surface area contributed by atoms with Gasteiger partial charge in [-0.1, -0.05) is 59.7 Å². The molecule has 0 radical (unpaired) electrons. The Bertz CT molecular complexity index is 2570. The summed E-state index contributed by atoms with van der Waals surface area (Å²) in [7, 11) is 0. The van der Waals surface area contributed by atoms with E-state index >= 15 is 0 Å². The van der Waals surface area contributed by atoms with E-state index in [1.807, 2.05) is 17.4 Å². The molecule has 0 saturated carbocycles. The number of nitrogens with zero attached hydrogens (tertiary/aromatic N) is 2. The lowest BCUT2D eigenvalue weighted by Gasteiger charge is -2.44. The van der Waals surface area contributed by atoms with E-state index in [0.29, 0.717) is 26.4 Å². The van der Waals surface area contributed by atoms with Crippen molar-refractivity contribution < 1.29 is 18.9 Å². The maximum absolute atomic E-state index is 6.33. The first-order valence-corrected chi connectivity index (χ1v) is 20.3. The van der Waals surface area contributed by atoms with Crippen molar-refractivity contribution in [3.05, 3.63) is 101 Å². The monoisotopic (exact) mass is 746 g/mol. The van der Waals surface area contributed by atoms with Crippen LogP contribution in [-0.4, -0.2) is 33.1 Å². The number of hydrogen-bond acceptors (Lipinski definition) is 7. The number of anilines is 6. The predicted molar refractivity (Wildman–Crippen MR) is 229 cm³/mol. The zero-order valence-corrected chi connectivity index (χ0v) is 34.1. The smallest absolute Gasteiger partial charge is 0.264 e. The minimum absolute atomic E-state index is 0.00232. The first-order valence-electron chi connectivity index (χ1n) is 19.5. The molecule has 0 N–H and O–H groups in total. The van der Waals surface area contributed by atoms with Crippen LogP contribution in [0.4, 0.5) is 34.1 Å². The molecule has 4 aliphatic heterocycles. The molecule has 0 fully saturated rings. The number of hydrogen-bond donors (Lipinski definition) is 0. The van der Waals surface area contributed by atoms with Crippen LogP contribution in [-0.2, 0) is 10.8 Å². The van der Waals surface area contributed by atoms with Crippen LogP contribution in [0.5, 0.6) is 23.0 Å². The van der Waals surface area contributed by atoms with Crippen LogP contribution in [0, 0.1) is 20.8 Å². The van der Waals surface area contributed by atoms with E-state index in [4.69, 9.17) is 18.9 Å². The molecule has 4 aliphatic rings. The lowest BCUT2D eigenvalue weighted by Crippen LogP contribution is -2.60. The molecule has 0 aliphatic carbocycles. The van der Waals surface area contributed by atoms with Crippen molar-refractivity contribution in [2.24, 2.45) is 0 Å². The quantitative estimate of drug-likeness (QED) is 0.164. The van der Waals surface area contributed by atoms with Crippen molar-refractivity contribution >= 4 is 78.0 Å². The Morgan fingerprint density at radius 1 is 0.564 bits per heavy atom. The summed E-state index contributed by atoms with van der Waals surface area (Å²) >= 11 is 1.93. The van der Waals surface area contributed by atoms with E-state index in [1.54, 1.807) is 0 Å². The summed E-state index contributed by atoms with van der Waals surface area (Å²) in [6, 6.07) is 27.5. The van der Waals surface area contributed by atoms with E-state index in [0.717, 1.165) is 40.1 Å². The van der Waals surface area contributed by atoms with Gasteiger partial charge in [-0.2, -0.15) is 0 Å². The molecular weight excluding hydrogens is 699 g/mol. The highest BCUT2D eigenvalue weighted by Crippen LogP contribution is 2.52. The molecule has 55 heavy (non-hydrogen) atoms. The average Bonchev–Trinajstić information content (AvgIpc) is 3.52. The molecule has 5 heterocycles. The minimum atomic E-state index is -0.0268. The number of rotatable bonds is 2. The fourth-order valence-corrected chi connectivity index (χ4v) is 10.3. The molecule has 0 amide bonds. The van der Waals surface area contributed by atoms with Gasteiger partial charge in [-0.3, -0.25) is 0 Å². The van der Waals surface area contributed by atoms with Crippen LogP contribution in [0.1, 0.15) is 69.4 Å². The zero-order chi connectivity index (χ0) is 38.1. The van der Waals surface area contributed by atoms with Crippen LogP contribution < -0.4 is 44.4 Å². The predicted octanol–water partition coefficient (Wildman–Crippen LogP) is 10.0. The second-order valence-corrected chi connectivity index (χ2v) is 18.8. The van der Waals surface area contributed by atoms with Gasteiger partial charge in [-0.25, -0.2) is 0 Å². The van der Waals surface area contributed by atoms with Crippen molar-refractivity contribution in [1.29, 1.82) is 0 Å². The Kier molecular flexibility index (Phi) is 7.49. The molecule has 0 bridgehead atoms. The fraction of sp³-hybridized carbons (Fsp3) is 0.319. The second-order valence-electron chi connectivity index (χ2n) is 17.7. The first kappa shape index (κ1) is 34.4. The summed E-state index contributed by atoms with van der Waals surface area (Å²) in [5.41, 5.74) is 16.0. The first-order chi connectivity index (χ1) is 26.3. The molecule has 0 saturated heterocycles. The number of thiophene rings is 1. The van der Waals surface area contributed by atoms with Gasteiger partial charge < -0.3 is 28.7 Å². The van der Waals surface area contributed by atoms with Gasteiger partial charge in [-0.05, 0) is 113 Å². The van der Waals surface area contributed by atoms with Crippen molar-refractivity contribution in [2.45, 2.75) is 73.1 Å². The number of aryl methyl sites for hydroxylation is 3.